The topological polar surface area (TPSA) is 140 Å². The number of methoxy groups -OCH3 is 4. The van der Waals surface area contributed by atoms with Crippen molar-refractivity contribution in [3.63, 3.8) is 0 Å². The van der Waals surface area contributed by atoms with Gasteiger partial charge in [-0.2, -0.15) is 0 Å². The van der Waals surface area contributed by atoms with Crippen LogP contribution in [0.5, 0.6) is 0 Å². The highest BCUT2D eigenvalue weighted by atomic mass is 32.2. The molecule has 7 rings (SSSR count). The number of ether oxygens (including phenoxy) is 11. The molecule has 4 saturated heterocycles. The van der Waals surface area contributed by atoms with Crippen LogP contribution in [0.25, 0.3) is 0 Å². The number of aliphatic hydroxyl groups excluding tert-OH is 1. The van der Waals surface area contributed by atoms with Gasteiger partial charge in [-0.05, 0) is 48.4 Å². The fourth-order valence-electron chi connectivity index (χ4n) is 7.92. The van der Waals surface area contributed by atoms with Crippen LogP contribution in [0.1, 0.15) is 65.2 Å². The van der Waals surface area contributed by atoms with E-state index in [0.29, 0.717) is 33.0 Å². The van der Waals surface area contributed by atoms with Crippen LogP contribution in [0.3, 0.4) is 0 Å². The minimum Gasteiger partial charge on any atom is -0.413 e. The Kier molecular flexibility index (Phi) is 24.5. The fraction of sp³-hybridized carbons (Fsp3) is 0.607. The SMILES string of the molecule is CC(C)(C)[Si](C)(C)OC/C=C\CO.COC1[C@@H](Sc2ccccc2)OC2COC(c3ccccc3)O[C@H]2[C@@H]1OC.COC1[C@H](OC/C=C\CO[Si](C)(C)C(C)(C)C)OC2COC(c3ccccc3)O[C@H]2[C@@H]1OC. The summed E-state index contributed by atoms with van der Waals surface area (Å²) in [5.74, 6) is 0. The molecule has 4 aliphatic heterocycles. The number of rotatable bonds is 18. The summed E-state index contributed by atoms with van der Waals surface area (Å²) in [7, 11) is 3.32. The second kappa shape index (κ2) is 29.2. The zero-order valence-corrected chi connectivity index (χ0v) is 48.6. The lowest BCUT2D eigenvalue weighted by atomic mass is 9.97. The molecular weight excluding hydrogens is 985 g/mol. The van der Waals surface area contributed by atoms with Gasteiger partial charge in [0.15, 0.2) is 35.5 Å². The van der Waals surface area contributed by atoms with Gasteiger partial charge in [-0.1, -0.05) is 156 Å². The molecule has 0 aliphatic carbocycles. The molecule has 3 aromatic rings. The highest BCUT2D eigenvalue weighted by Crippen LogP contribution is 2.42. The predicted octanol–water partition coefficient (Wildman–Crippen LogP) is 10.7. The molecule has 17 heteroatoms. The predicted molar refractivity (Wildman–Crippen MR) is 290 cm³/mol. The molecule has 14 nitrogen and oxygen atoms in total. The Morgan fingerprint density at radius 2 is 0.945 bits per heavy atom. The molecule has 408 valence electrons. The summed E-state index contributed by atoms with van der Waals surface area (Å²) in [5.41, 5.74) is 1.74. The van der Waals surface area contributed by atoms with Crippen LogP contribution in [0.2, 0.25) is 36.3 Å². The summed E-state index contributed by atoms with van der Waals surface area (Å²) < 4.78 is 78.0. The molecule has 0 spiro atoms. The molecule has 0 saturated carbocycles. The lowest BCUT2D eigenvalue weighted by Gasteiger charge is -2.48. The van der Waals surface area contributed by atoms with E-state index in [1.807, 2.05) is 97.1 Å². The number of fused-ring (bicyclic) bond motifs is 2. The van der Waals surface area contributed by atoms with Gasteiger partial charge in [0.1, 0.15) is 54.3 Å². The molecule has 4 heterocycles. The Morgan fingerprint density at radius 3 is 1.38 bits per heavy atom. The van der Waals surface area contributed by atoms with Crippen LogP contribution < -0.4 is 0 Å². The van der Waals surface area contributed by atoms with Crippen LogP contribution in [-0.4, -0.2) is 150 Å². The van der Waals surface area contributed by atoms with Crippen LogP contribution >= 0.6 is 11.8 Å². The summed E-state index contributed by atoms with van der Waals surface area (Å²) in [4.78, 5) is 1.12. The van der Waals surface area contributed by atoms with Crippen molar-refractivity contribution in [1.29, 1.82) is 0 Å². The zero-order valence-electron chi connectivity index (χ0n) is 45.8. The quantitative estimate of drug-likeness (QED) is 0.0954. The van der Waals surface area contributed by atoms with Crippen molar-refractivity contribution in [3.05, 3.63) is 126 Å². The monoisotopic (exact) mass is 1070 g/mol. The van der Waals surface area contributed by atoms with Gasteiger partial charge in [-0.15, -0.1) is 0 Å². The Morgan fingerprint density at radius 1 is 0.534 bits per heavy atom. The normalized spacial score (nSPS) is 28.9. The summed E-state index contributed by atoms with van der Waals surface area (Å²) in [6.45, 7) is 24.8. The van der Waals surface area contributed by atoms with E-state index in [4.69, 9.17) is 66.1 Å². The van der Waals surface area contributed by atoms with Crippen molar-refractivity contribution in [3.8, 4) is 0 Å². The smallest absolute Gasteiger partial charge is 0.192 e. The van der Waals surface area contributed by atoms with Crippen LogP contribution in [0.4, 0.5) is 0 Å². The van der Waals surface area contributed by atoms with E-state index in [2.05, 4.69) is 79.9 Å². The standard InChI is InChI=1S/C25H40O7Si.C21H24O5S.C10H22O2Si/c1-25(2,3)33(6,7)30-16-12-11-15-28-24-22(27-5)21(26-4)20-19(31-24)17-29-23(32-20)18-13-9-8-10-14-18;1-22-18-17-16(13-24-20(26-17)14-9-5-3-6-10-14)25-21(19(18)23-2)27-15-11-7-4-8-12-15;1-10(2,3)13(4,5)12-9-7-6-8-11/h8-14,19-24H,15-17H2,1-7H3;3-12,16-21H,13H2,1-2H3;6-7,11H,8-9H2,1-5H3/b12-11-;;7-6-/t19?,20-,21+,22?,23?,24-;16?,17-,18+,19?,20?,21-;/m11./s1. The molecule has 12 atom stereocenters. The first-order chi connectivity index (χ1) is 34.8. The van der Waals surface area contributed by atoms with E-state index in [-0.39, 0.29) is 64.8 Å². The van der Waals surface area contributed by atoms with Crippen LogP contribution in [0, 0.1) is 0 Å². The lowest BCUT2D eigenvalue weighted by molar-refractivity contribution is -0.364. The van der Waals surface area contributed by atoms with Gasteiger partial charge in [0.05, 0.1) is 39.6 Å². The van der Waals surface area contributed by atoms with E-state index in [9.17, 15) is 0 Å². The van der Waals surface area contributed by atoms with Gasteiger partial charge in [0.2, 0.25) is 0 Å². The first-order valence-electron chi connectivity index (χ1n) is 25.4. The molecule has 6 unspecified atom stereocenters. The minimum absolute atomic E-state index is 0.0981. The van der Waals surface area contributed by atoms with E-state index in [1.54, 1.807) is 46.3 Å². The highest BCUT2D eigenvalue weighted by Gasteiger charge is 2.52. The molecule has 0 bridgehead atoms. The Labute approximate surface area is 442 Å². The Bertz CT molecular complexity index is 2050. The van der Waals surface area contributed by atoms with Crippen molar-refractivity contribution >= 4 is 28.4 Å². The number of aliphatic hydroxyl groups is 1. The average Bonchev–Trinajstić information content (AvgIpc) is 3.38. The second-order valence-corrected chi connectivity index (χ2v) is 32.1. The van der Waals surface area contributed by atoms with Crippen LogP contribution in [-0.2, 0) is 61.0 Å². The number of benzene rings is 3. The van der Waals surface area contributed by atoms with E-state index < -0.39 is 41.6 Å². The molecule has 1 N–H and O–H groups in total. The van der Waals surface area contributed by atoms with Crippen molar-refractivity contribution in [2.75, 3.05) is 68.1 Å². The van der Waals surface area contributed by atoms with E-state index in [0.717, 1.165) is 16.0 Å². The maximum absolute atomic E-state index is 8.52. The molecule has 0 radical (unpaired) electrons. The number of thioether (sulfide) groups is 1. The molecule has 4 aliphatic rings. The first kappa shape index (κ1) is 61.2. The molecular formula is C56H86O14SSi2. The van der Waals surface area contributed by atoms with E-state index in [1.165, 1.54) is 0 Å². The zero-order chi connectivity index (χ0) is 53.2. The van der Waals surface area contributed by atoms with Gasteiger partial charge in [0.25, 0.3) is 0 Å². The maximum Gasteiger partial charge on any atom is 0.192 e. The van der Waals surface area contributed by atoms with Crippen molar-refractivity contribution in [2.24, 2.45) is 0 Å². The summed E-state index contributed by atoms with van der Waals surface area (Å²) in [5, 5.41) is 8.98. The van der Waals surface area contributed by atoms with Crippen molar-refractivity contribution < 1.29 is 66.1 Å². The number of hydrogen-bond acceptors (Lipinski definition) is 15. The molecule has 0 amide bonds. The first-order valence-corrected chi connectivity index (χ1v) is 32.1. The second-order valence-electron chi connectivity index (χ2n) is 21.3. The molecule has 3 aromatic carbocycles. The lowest BCUT2D eigenvalue weighted by Crippen LogP contribution is -2.63. The third-order valence-corrected chi connectivity index (χ3v) is 24.4. The van der Waals surface area contributed by atoms with Crippen molar-refractivity contribution in [1.82, 2.24) is 0 Å². The van der Waals surface area contributed by atoms with E-state index >= 15 is 0 Å². The number of hydrogen-bond donors (Lipinski definition) is 1. The summed E-state index contributed by atoms with van der Waals surface area (Å²) in [6.07, 6.45) is 3.69. The summed E-state index contributed by atoms with van der Waals surface area (Å²) in [6, 6.07) is 29.9. The van der Waals surface area contributed by atoms with Crippen molar-refractivity contribution in [2.45, 2.75) is 156 Å². The van der Waals surface area contributed by atoms with Gasteiger partial charge in [-0.25, -0.2) is 0 Å². The third kappa shape index (κ3) is 17.4. The molecule has 73 heavy (non-hydrogen) atoms. The average molecular weight is 1070 g/mol. The summed E-state index contributed by atoms with van der Waals surface area (Å²) >= 11 is 1.63. The Balaban J connectivity index is 0.000000222. The fourth-order valence-corrected chi connectivity index (χ4v) is 11.0. The van der Waals surface area contributed by atoms with Gasteiger partial charge in [-0.3, -0.25) is 0 Å². The molecule has 0 aromatic heterocycles. The molecule has 4 fully saturated rings. The minimum atomic E-state index is -1.76. The van der Waals surface area contributed by atoms with Gasteiger partial charge in [0, 0.05) is 44.5 Å². The Hall–Kier alpha value is -2.64. The van der Waals surface area contributed by atoms with Gasteiger partial charge < -0.3 is 66.1 Å². The largest absolute Gasteiger partial charge is 0.413 e. The highest BCUT2D eigenvalue weighted by molar-refractivity contribution is 7.99. The van der Waals surface area contributed by atoms with Gasteiger partial charge >= 0.3 is 0 Å². The third-order valence-electron chi connectivity index (χ3n) is 14.3. The maximum atomic E-state index is 8.52. The van der Waals surface area contributed by atoms with Crippen LogP contribution in [0.15, 0.2) is 120 Å².